The molecule has 3 atom stereocenters. The van der Waals surface area contributed by atoms with E-state index in [1.165, 1.54) is 0 Å². The van der Waals surface area contributed by atoms with Crippen LogP contribution in [0.2, 0.25) is 0 Å². The Kier molecular flexibility index (Phi) is 3.23. The van der Waals surface area contributed by atoms with E-state index in [0.717, 1.165) is 0 Å². The molecule has 0 bridgehead atoms. The normalized spacial score (nSPS) is 27.2. The van der Waals surface area contributed by atoms with Crippen molar-refractivity contribution < 1.29 is 14.9 Å². The molecule has 19 heavy (non-hydrogen) atoms. The highest BCUT2D eigenvalue weighted by atomic mass is 32.1. The molecule has 3 heterocycles. The summed E-state index contributed by atoms with van der Waals surface area (Å²) in [6.07, 6.45) is 0.365. The van der Waals surface area contributed by atoms with Gasteiger partial charge in [-0.25, -0.2) is 4.98 Å². The van der Waals surface area contributed by atoms with Gasteiger partial charge in [-0.3, -0.25) is 4.57 Å². The zero-order chi connectivity index (χ0) is 13.6. The summed E-state index contributed by atoms with van der Waals surface area (Å²) in [5, 5.41) is 18.8. The summed E-state index contributed by atoms with van der Waals surface area (Å²) in [4.78, 5) is 10.0. The molecule has 0 amide bonds. The van der Waals surface area contributed by atoms with E-state index in [1.54, 1.807) is 10.8 Å². The Morgan fingerprint density at radius 3 is 2.95 bits per heavy atom. The molecular weight excluding hydrogens is 288 g/mol. The molecule has 0 aliphatic carbocycles. The van der Waals surface area contributed by atoms with Crippen LogP contribution in [0.15, 0.2) is 6.20 Å². The van der Waals surface area contributed by atoms with Crippen molar-refractivity contribution in [1.29, 1.82) is 0 Å². The maximum Gasteiger partial charge on any atom is 0.203 e. The van der Waals surface area contributed by atoms with Crippen LogP contribution in [0.1, 0.15) is 12.6 Å². The predicted octanol–water partition coefficient (Wildman–Crippen LogP) is 0.792. The van der Waals surface area contributed by atoms with Gasteiger partial charge < -0.3 is 24.9 Å². The first kappa shape index (κ1) is 12.9. The first-order chi connectivity index (χ1) is 9.08. The van der Waals surface area contributed by atoms with Gasteiger partial charge in [-0.1, -0.05) is 0 Å². The zero-order valence-corrected chi connectivity index (χ0v) is 11.4. The van der Waals surface area contributed by atoms with Crippen LogP contribution < -0.4 is 0 Å². The van der Waals surface area contributed by atoms with E-state index in [1.807, 2.05) is 0 Å². The monoisotopic (exact) mass is 300 g/mol. The third-order valence-corrected chi connectivity index (χ3v) is 3.63. The fourth-order valence-electron chi connectivity index (χ4n) is 2.17. The van der Waals surface area contributed by atoms with Crippen molar-refractivity contribution in [2.75, 3.05) is 6.61 Å². The van der Waals surface area contributed by atoms with Crippen molar-refractivity contribution >= 4 is 35.6 Å². The highest BCUT2D eigenvalue weighted by Gasteiger charge is 2.34. The number of aromatic nitrogens is 4. The summed E-state index contributed by atoms with van der Waals surface area (Å²) in [5.74, 6) is 0. The highest BCUT2D eigenvalue weighted by molar-refractivity contribution is 7.71. The smallest absolute Gasteiger partial charge is 0.203 e. The minimum absolute atomic E-state index is 0.229. The number of aliphatic hydroxyl groups excluding tert-OH is 2. The summed E-state index contributed by atoms with van der Waals surface area (Å²) in [6, 6.07) is 0. The Morgan fingerprint density at radius 1 is 1.47 bits per heavy atom. The molecule has 0 radical (unpaired) electrons. The second-order valence-electron chi connectivity index (χ2n) is 4.39. The highest BCUT2D eigenvalue weighted by Crippen LogP contribution is 2.29. The SMILES string of the molecule is OC[C@H]1OC(n2cc3[nH]c(=S)[nH]c3nc2=S)C[C@@H]1O. The molecule has 3 rings (SSSR count). The molecule has 1 aliphatic rings. The van der Waals surface area contributed by atoms with Crippen molar-refractivity contribution in [2.24, 2.45) is 0 Å². The Labute approximate surface area is 117 Å². The molecule has 2 aromatic heterocycles. The van der Waals surface area contributed by atoms with Gasteiger partial charge in [0.2, 0.25) is 4.77 Å². The van der Waals surface area contributed by atoms with Crippen molar-refractivity contribution in [2.45, 2.75) is 24.9 Å². The topological polar surface area (TPSA) is 99.1 Å². The molecule has 4 N–H and O–H groups in total. The van der Waals surface area contributed by atoms with Crippen LogP contribution in [0, 0.1) is 9.54 Å². The van der Waals surface area contributed by atoms with Crippen LogP contribution in [0.25, 0.3) is 11.2 Å². The quantitative estimate of drug-likeness (QED) is 0.612. The first-order valence-corrected chi connectivity index (χ1v) is 6.55. The van der Waals surface area contributed by atoms with Gasteiger partial charge in [-0.15, -0.1) is 0 Å². The molecule has 1 unspecified atom stereocenters. The Balaban J connectivity index is 2.03. The number of ether oxygens (including phenoxy) is 1. The van der Waals surface area contributed by atoms with Gasteiger partial charge in [-0.2, -0.15) is 0 Å². The third-order valence-electron chi connectivity index (χ3n) is 3.13. The molecule has 2 aromatic rings. The third kappa shape index (κ3) is 2.23. The van der Waals surface area contributed by atoms with Crippen molar-refractivity contribution in [3.05, 3.63) is 15.7 Å². The second kappa shape index (κ2) is 4.76. The van der Waals surface area contributed by atoms with Crippen LogP contribution in [0.5, 0.6) is 0 Å². The molecule has 9 heteroatoms. The first-order valence-electron chi connectivity index (χ1n) is 5.74. The number of hydrogen-bond donors (Lipinski definition) is 4. The zero-order valence-electron chi connectivity index (χ0n) is 9.74. The summed E-state index contributed by atoms with van der Waals surface area (Å²) >= 11 is 10.2. The number of aliphatic hydroxyl groups is 2. The number of H-pyrrole nitrogens is 2. The Bertz CT molecular complexity index is 721. The molecule has 0 aromatic carbocycles. The van der Waals surface area contributed by atoms with E-state index in [-0.39, 0.29) is 6.61 Å². The predicted molar refractivity (Wildman–Crippen MR) is 71.7 cm³/mol. The van der Waals surface area contributed by atoms with Crippen LogP contribution in [0.3, 0.4) is 0 Å². The number of nitrogens with one attached hydrogen (secondary N) is 2. The van der Waals surface area contributed by atoms with Crippen LogP contribution in [0.4, 0.5) is 0 Å². The molecule has 102 valence electrons. The average Bonchev–Trinajstić information content (AvgIpc) is 2.89. The van der Waals surface area contributed by atoms with Crippen LogP contribution >= 0.6 is 24.4 Å². The fraction of sp³-hybridized carbons (Fsp3) is 0.500. The Morgan fingerprint density at radius 2 is 2.26 bits per heavy atom. The second-order valence-corrected chi connectivity index (χ2v) is 5.16. The molecular formula is C10H12N4O3S2. The minimum Gasteiger partial charge on any atom is -0.394 e. The van der Waals surface area contributed by atoms with E-state index in [4.69, 9.17) is 34.3 Å². The molecule has 1 saturated heterocycles. The number of rotatable bonds is 2. The van der Waals surface area contributed by atoms with Gasteiger partial charge in [-0.05, 0) is 24.4 Å². The lowest BCUT2D eigenvalue weighted by atomic mass is 10.2. The summed E-state index contributed by atoms with van der Waals surface area (Å²) in [5.41, 5.74) is 1.30. The number of imidazole rings is 1. The average molecular weight is 300 g/mol. The van der Waals surface area contributed by atoms with Gasteiger partial charge in [0.15, 0.2) is 10.4 Å². The Hall–Kier alpha value is -1.13. The van der Waals surface area contributed by atoms with E-state index in [0.29, 0.717) is 27.1 Å². The molecule has 1 fully saturated rings. The van der Waals surface area contributed by atoms with Gasteiger partial charge in [0.25, 0.3) is 0 Å². The van der Waals surface area contributed by atoms with Crippen molar-refractivity contribution in [1.82, 2.24) is 19.5 Å². The number of aromatic amines is 2. The van der Waals surface area contributed by atoms with Crippen molar-refractivity contribution in [3.63, 3.8) is 0 Å². The van der Waals surface area contributed by atoms with Crippen LogP contribution in [-0.2, 0) is 4.74 Å². The summed E-state index contributed by atoms with van der Waals surface area (Å²) < 4.78 is 8.00. The summed E-state index contributed by atoms with van der Waals surface area (Å²) in [7, 11) is 0. The number of hydrogen-bond acceptors (Lipinski definition) is 6. The van der Waals surface area contributed by atoms with E-state index < -0.39 is 18.4 Å². The summed E-state index contributed by atoms with van der Waals surface area (Å²) in [6.45, 7) is -0.229. The molecule has 7 nitrogen and oxygen atoms in total. The van der Waals surface area contributed by atoms with Crippen LogP contribution in [-0.4, -0.2) is 48.5 Å². The van der Waals surface area contributed by atoms with E-state index >= 15 is 0 Å². The lowest BCUT2D eigenvalue weighted by Gasteiger charge is -2.15. The fourth-order valence-corrected chi connectivity index (χ4v) is 2.64. The molecule has 0 spiro atoms. The maximum absolute atomic E-state index is 9.75. The van der Waals surface area contributed by atoms with Crippen molar-refractivity contribution in [3.8, 4) is 0 Å². The van der Waals surface area contributed by atoms with Gasteiger partial charge in [0, 0.05) is 12.6 Å². The van der Waals surface area contributed by atoms with Gasteiger partial charge >= 0.3 is 0 Å². The van der Waals surface area contributed by atoms with E-state index in [2.05, 4.69) is 15.0 Å². The lowest BCUT2D eigenvalue weighted by molar-refractivity contribution is -0.0451. The number of fused-ring (bicyclic) bond motifs is 1. The van der Waals surface area contributed by atoms with Gasteiger partial charge in [0.05, 0.1) is 12.7 Å². The largest absolute Gasteiger partial charge is 0.394 e. The van der Waals surface area contributed by atoms with E-state index in [9.17, 15) is 5.11 Å². The number of nitrogens with zero attached hydrogens (tertiary/aromatic N) is 2. The molecule has 1 aliphatic heterocycles. The maximum atomic E-state index is 9.75. The molecule has 0 saturated carbocycles. The standard InChI is InChI=1S/C10H12N4O3S2/c15-3-6-5(16)1-7(17-6)14-2-4-8(13-10(14)19)12-9(18)11-4/h2,5-7,15-16H,1,3H2,(H2,11,12,13,18,19)/t5-,6+,7?/m0/s1. The lowest BCUT2D eigenvalue weighted by Crippen LogP contribution is -2.24. The minimum atomic E-state index is -0.711. The van der Waals surface area contributed by atoms with Gasteiger partial charge in [0.1, 0.15) is 17.8 Å².